The van der Waals surface area contributed by atoms with Gasteiger partial charge in [-0.15, -0.1) is 0 Å². The maximum atomic E-state index is 14.0. The van der Waals surface area contributed by atoms with E-state index in [1.807, 2.05) is 6.07 Å². The molecule has 0 N–H and O–H groups in total. The Hall–Kier alpha value is -1.25. The van der Waals surface area contributed by atoms with Crippen molar-refractivity contribution in [2.45, 2.75) is 83.5 Å². The largest absolute Gasteiger partial charge is 0.271 e. The number of hydrogen-bond donors (Lipinski definition) is 0. The zero-order valence-electron chi connectivity index (χ0n) is 15.4. The SMILES string of the molecule is CCCCCCCCC1CCC(c2ccc(C=C(F)F)c(F)c2)CC1. The molecule has 1 saturated carbocycles. The Bertz CT molecular complexity index is 538. The Morgan fingerprint density at radius 1 is 1.00 bits per heavy atom. The maximum absolute atomic E-state index is 14.0. The second kappa shape index (κ2) is 10.7. The van der Waals surface area contributed by atoms with E-state index < -0.39 is 11.9 Å². The zero-order valence-corrected chi connectivity index (χ0v) is 15.4. The normalized spacial score (nSPS) is 20.5. The van der Waals surface area contributed by atoms with Crippen LogP contribution in [0.5, 0.6) is 0 Å². The molecule has 0 nitrogen and oxygen atoms in total. The third kappa shape index (κ3) is 6.87. The predicted molar refractivity (Wildman–Crippen MR) is 99.3 cm³/mol. The van der Waals surface area contributed by atoms with Crippen molar-refractivity contribution in [1.29, 1.82) is 0 Å². The van der Waals surface area contributed by atoms with Crippen LogP contribution in [0.2, 0.25) is 0 Å². The fraction of sp³-hybridized carbons (Fsp3) is 0.636. The molecule has 0 bridgehead atoms. The van der Waals surface area contributed by atoms with Gasteiger partial charge < -0.3 is 0 Å². The minimum Gasteiger partial charge on any atom is -0.206 e. The summed E-state index contributed by atoms with van der Waals surface area (Å²) < 4.78 is 38.5. The fourth-order valence-corrected chi connectivity index (χ4v) is 4.03. The molecule has 1 aliphatic rings. The minimum absolute atomic E-state index is 0.0273. The summed E-state index contributed by atoms with van der Waals surface area (Å²) in [6.45, 7) is 2.24. The second-order valence-corrected chi connectivity index (χ2v) is 7.49. The number of hydrogen-bond acceptors (Lipinski definition) is 0. The van der Waals surface area contributed by atoms with Gasteiger partial charge in [0.15, 0.2) is 0 Å². The number of benzene rings is 1. The lowest BCUT2D eigenvalue weighted by Crippen LogP contribution is -2.13. The van der Waals surface area contributed by atoms with Crippen molar-refractivity contribution in [2.24, 2.45) is 5.92 Å². The van der Waals surface area contributed by atoms with Gasteiger partial charge in [-0.25, -0.2) is 4.39 Å². The Labute approximate surface area is 150 Å². The van der Waals surface area contributed by atoms with Crippen LogP contribution in [0.25, 0.3) is 6.08 Å². The molecule has 140 valence electrons. The van der Waals surface area contributed by atoms with Crippen LogP contribution in [0.4, 0.5) is 13.2 Å². The summed E-state index contributed by atoms with van der Waals surface area (Å²) in [6, 6.07) is 4.75. The summed E-state index contributed by atoms with van der Waals surface area (Å²) in [7, 11) is 0. The first-order valence-electron chi connectivity index (χ1n) is 9.92. The summed E-state index contributed by atoms with van der Waals surface area (Å²) >= 11 is 0. The summed E-state index contributed by atoms with van der Waals surface area (Å²) in [6.07, 6.45) is 12.7. The van der Waals surface area contributed by atoms with Crippen molar-refractivity contribution in [1.82, 2.24) is 0 Å². The molecule has 0 atom stereocenters. The van der Waals surface area contributed by atoms with Gasteiger partial charge in [-0.1, -0.05) is 64.0 Å². The average molecular weight is 352 g/mol. The Morgan fingerprint density at radius 3 is 2.32 bits per heavy atom. The first-order valence-corrected chi connectivity index (χ1v) is 9.92. The molecule has 0 radical (unpaired) electrons. The van der Waals surface area contributed by atoms with E-state index in [-0.39, 0.29) is 5.56 Å². The van der Waals surface area contributed by atoms with Crippen molar-refractivity contribution < 1.29 is 13.2 Å². The Kier molecular flexibility index (Phi) is 8.57. The monoisotopic (exact) mass is 352 g/mol. The molecule has 1 aromatic rings. The first-order chi connectivity index (χ1) is 12.1. The van der Waals surface area contributed by atoms with Gasteiger partial charge in [-0.05, 0) is 49.1 Å². The smallest absolute Gasteiger partial charge is 0.206 e. The number of halogens is 3. The molecule has 0 spiro atoms. The summed E-state index contributed by atoms with van der Waals surface area (Å²) in [5.74, 6) is 0.651. The van der Waals surface area contributed by atoms with Gasteiger partial charge >= 0.3 is 0 Å². The van der Waals surface area contributed by atoms with E-state index in [1.165, 1.54) is 69.9 Å². The molecule has 0 aromatic heterocycles. The van der Waals surface area contributed by atoms with Crippen molar-refractivity contribution in [2.75, 3.05) is 0 Å². The van der Waals surface area contributed by atoms with Gasteiger partial charge in [0.2, 0.25) is 0 Å². The summed E-state index contributed by atoms with van der Waals surface area (Å²) in [5, 5.41) is 0. The van der Waals surface area contributed by atoms with E-state index in [9.17, 15) is 13.2 Å². The minimum atomic E-state index is -1.86. The first kappa shape index (κ1) is 20.1. The van der Waals surface area contributed by atoms with Crippen LogP contribution in [0.15, 0.2) is 24.3 Å². The lowest BCUT2D eigenvalue weighted by Gasteiger charge is -2.29. The quantitative estimate of drug-likeness (QED) is 0.394. The Morgan fingerprint density at radius 2 is 1.68 bits per heavy atom. The molecule has 0 amide bonds. The number of unbranched alkanes of at least 4 members (excludes halogenated alkanes) is 5. The van der Waals surface area contributed by atoms with E-state index in [2.05, 4.69) is 6.92 Å². The van der Waals surface area contributed by atoms with Crippen LogP contribution in [-0.2, 0) is 0 Å². The van der Waals surface area contributed by atoms with Crippen LogP contribution in [0, 0.1) is 11.7 Å². The van der Waals surface area contributed by atoms with Crippen LogP contribution >= 0.6 is 0 Å². The van der Waals surface area contributed by atoms with E-state index in [4.69, 9.17) is 0 Å². The molecular formula is C22H31F3. The Balaban J connectivity index is 1.74. The maximum Gasteiger partial charge on any atom is 0.271 e. The second-order valence-electron chi connectivity index (χ2n) is 7.49. The fourth-order valence-electron chi connectivity index (χ4n) is 4.03. The molecule has 1 aliphatic carbocycles. The van der Waals surface area contributed by atoms with Gasteiger partial charge in [0.25, 0.3) is 6.08 Å². The third-order valence-corrected chi connectivity index (χ3v) is 5.57. The van der Waals surface area contributed by atoms with Gasteiger partial charge in [-0.3, -0.25) is 0 Å². The molecule has 0 unspecified atom stereocenters. The van der Waals surface area contributed by atoms with Gasteiger partial charge in [0.05, 0.1) is 0 Å². The van der Waals surface area contributed by atoms with Crippen LogP contribution in [-0.4, -0.2) is 0 Å². The molecule has 0 heterocycles. The third-order valence-electron chi connectivity index (χ3n) is 5.57. The zero-order chi connectivity index (χ0) is 18.1. The highest BCUT2D eigenvalue weighted by Gasteiger charge is 2.22. The van der Waals surface area contributed by atoms with E-state index in [0.717, 1.165) is 24.3 Å². The van der Waals surface area contributed by atoms with E-state index in [0.29, 0.717) is 12.0 Å². The van der Waals surface area contributed by atoms with Crippen molar-refractivity contribution in [3.05, 3.63) is 41.2 Å². The van der Waals surface area contributed by atoms with Crippen molar-refractivity contribution in [3.8, 4) is 0 Å². The highest BCUT2D eigenvalue weighted by atomic mass is 19.3. The van der Waals surface area contributed by atoms with Crippen molar-refractivity contribution >= 4 is 6.08 Å². The molecule has 3 heteroatoms. The molecule has 1 fully saturated rings. The van der Waals surface area contributed by atoms with Gasteiger partial charge in [0.1, 0.15) is 5.82 Å². The highest BCUT2D eigenvalue weighted by molar-refractivity contribution is 5.51. The molecule has 1 aromatic carbocycles. The van der Waals surface area contributed by atoms with E-state index in [1.54, 1.807) is 0 Å². The van der Waals surface area contributed by atoms with Crippen molar-refractivity contribution in [3.63, 3.8) is 0 Å². The van der Waals surface area contributed by atoms with Gasteiger partial charge in [0, 0.05) is 11.6 Å². The highest BCUT2D eigenvalue weighted by Crippen LogP contribution is 2.38. The number of rotatable bonds is 9. The molecule has 0 saturated heterocycles. The van der Waals surface area contributed by atoms with E-state index >= 15 is 0 Å². The lowest BCUT2D eigenvalue weighted by atomic mass is 9.77. The molecule has 0 aliphatic heterocycles. The molecule has 2 rings (SSSR count). The van der Waals surface area contributed by atoms with Crippen LogP contribution in [0.1, 0.15) is 94.6 Å². The van der Waals surface area contributed by atoms with Crippen LogP contribution in [0.3, 0.4) is 0 Å². The standard InChI is InChI=1S/C22H31F3/c1-2-3-4-5-6-7-8-17-9-11-18(12-10-17)19-13-14-20(16-22(24)25)21(23)15-19/h13-18H,2-12H2,1H3. The summed E-state index contributed by atoms with van der Waals surface area (Å²) in [4.78, 5) is 0. The van der Waals surface area contributed by atoms with Gasteiger partial charge in [-0.2, -0.15) is 8.78 Å². The molecule has 25 heavy (non-hydrogen) atoms. The lowest BCUT2D eigenvalue weighted by molar-refractivity contribution is 0.301. The summed E-state index contributed by atoms with van der Waals surface area (Å²) in [5.41, 5.74) is 0.937. The predicted octanol–water partition coefficient (Wildman–Crippen LogP) is 8.09. The average Bonchev–Trinajstić information content (AvgIpc) is 2.60. The molecular weight excluding hydrogens is 321 g/mol. The topological polar surface area (TPSA) is 0 Å². The van der Waals surface area contributed by atoms with Crippen LogP contribution < -0.4 is 0 Å².